The smallest absolute Gasteiger partial charge is 0.280 e. The van der Waals surface area contributed by atoms with Crippen LogP contribution >= 0.6 is 11.6 Å². The molecule has 2 aromatic carbocycles. The summed E-state index contributed by atoms with van der Waals surface area (Å²) in [6.45, 7) is -0.326. The van der Waals surface area contributed by atoms with Gasteiger partial charge in [-0.1, -0.05) is 54.1 Å². The van der Waals surface area contributed by atoms with Gasteiger partial charge in [-0.05, 0) is 60.4 Å². The van der Waals surface area contributed by atoms with E-state index < -0.39 is 81.0 Å². The molecule has 2 amide bonds. The summed E-state index contributed by atoms with van der Waals surface area (Å²) >= 11 is 5.82. The zero-order valence-electron chi connectivity index (χ0n) is 34.3. The summed E-state index contributed by atoms with van der Waals surface area (Å²) in [5.41, 5.74) is 16.1. The van der Waals surface area contributed by atoms with Gasteiger partial charge in [0.25, 0.3) is 5.91 Å². The number of hydrogen-bond acceptors (Lipinski definition) is 18. The summed E-state index contributed by atoms with van der Waals surface area (Å²) in [5.74, 6) is -1.58. The monoisotopic (exact) mass is 893 g/mol. The van der Waals surface area contributed by atoms with Crippen molar-refractivity contribution >= 4 is 41.0 Å². The Kier molecular flexibility index (Phi) is 21.3. The first-order valence-corrected chi connectivity index (χ1v) is 20.3. The van der Waals surface area contributed by atoms with Gasteiger partial charge in [0.15, 0.2) is 28.4 Å². The van der Waals surface area contributed by atoms with E-state index in [-0.39, 0.29) is 53.9 Å². The highest BCUT2D eigenvalue weighted by Crippen LogP contribution is 2.26. The number of unbranched alkanes of at least 4 members (excludes halogenated alkanes) is 1. The highest BCUT2D eigenvalue weighted by Gasteiger charge is 2.34. The van der Waals surface area contributed by atoms with Gasteiger partial charge in [0.05, 0.1) is 25.4 Å². The summed E-state index contributed by atoms with van der Waals surface area (Å²) < 4.78 is 0. The molecule has 1 aromatic heterocycles. The summed E-state index contributed by atoms with van der Waals surface area (Å²) in [5, 5.41) is 115. The van der Waals surface area contributed by atoms with Gasteiger partial charge in [-0.3, -0.25) is 25.2 Å². The standard InChI is InChI=1S/C40H60ClN9O12/c1-21-16-23(8-12-30(57)45-14-15-50(17-26(53)32(58)34(60)28(55)19-51)18-27(54)33(59)35(61)29(56)20-52)7-11-25(21)24-9-5-22(6-10-24)4-2-3-13-46-40(44)49-39(62)31-37(42)48-38(43)36(41)47-31/h5-7,9-11,16,26-29,32-35,51-56,58-61H,2-4,8,12-15,17-20H2,1H3,(H,45,57)(H4,42,43,48)(H3,44,46,49,62). The molecule has 62 heavy (non-hydrogen) atoms. The van der Waals surface area contributed by atoms with E-state index in [1.54, 1.807) is 0 Å². The lowest BCUT2D eigenvalue weighted by Gasteiger charge is -2.33. The van der Waals surface area contributed by atoms with Crippen LogP contribution in [0.2, 0.25) is 5.15 Å². The molecule has 0 radical (unpaired) electrons. The number of halogens is 1. The van der Waals surface area contributed by atoms with E-state index >= 15 is 0 Å². The Labute approximate surface area is 363 Å². The van der Waals surface area contributed by atoms with Crippen LogP contribution in [0.5, 0.6) is 0 Å². The first-order chi connectivity index (χ1) is 29.4. The summed E-state index contributed by atoms with van der Waals surface area (Å²) in [4.78, 5) is 34.1. The Morgan fingerprint density at radius 2 is 1.31 bits per heavy atom. The fraction of sp³-hybridized carbons (Fsp3) is 0.525. The lowest BCUT2D eigenvalue weighted by atomic mass is 9.95. The SMILES string of the molecule is Cc1cc(CCC(=O)NCCN(CC(O)C(O)C(O)C(O)CO)CC(O)C(O)C(O)C(O)CO)ccc1-c1ccc(CCCCNC(=N)NC(=O)c2nc(Cl)c(N)nc2N)cc1. The molecule has 1 heterocycles. The largest absolute Gasteiger partial charge is 0.394 e. The van der Waals surface area contributed by atoms with Crippen molar-refractivity contribution < 1.29 is 60.7 Å². The van der Waals surface area contributed by atoms with Crippen LogP contribution in [0.1, 0.15) is 46.4 Å². The van der Waals surface area contributed by atoms with Crippen LogP contribution in [0.4, 0.5) is 11.6 Å². The number of aliphatic hydroxyl groups is 10. The number of benzene rings is 2. The number of amides is 2. The van der Waals surface area contributed by atoms with Crippen molar-refractivity contribution in [3.8, 4) is 11.1 Å². The van der Waals surface area contributed by atoms with E-state index in [9.17, 15) is 50.4 Å². The Bertz CT molecular complexity index is 1870. The van der Waals surface area contributed by atoms with Crippen molar-refractivity contribution in [1.82, 2.24) is 30.8 Å². The zero-order valence-corrected chi connectivity index (χ0v) is 35.1. The number of anilines is 2. The third kappa shape index (κ3) is 15.9. The molecule has 18 N–H and O–H groups in total. The van der Waals surface area contributed by atoms with Crippen LogP contribution in [-0.4, -0.2) is 178 Å². The maximum absolute atomic E-state index is 12.8. The second kappa shape index (κ2) is 25.5. The number of nitrogens with two attached hydrogens (primary N) is 2. The highest BCUT2D eigenvalue weighted by atomic mass is 35.5. The highest BCUT2D eigenvalue weighted by molar-refractivity contribution is 6.31. The number of carbonyl (C=O) groups excluding carboxylic acids is 2. The number of hydrogen-bond donors (Lipinski definition) is 16. The van der Waals surface area contributed by atoms with Crippen LogP contribution in [0.3, 0.4) is 0 Å². The third-order valence-corrected chi connectivity index (χ3v) is 10.3. The van der Waals surface area contributed by atoms with E-state index in [0.717, 1.165) is 47.1 Å². The van der Waals surface area contributed by atoms with E-state index in [1.165, 1.54) is 4.90 Å². The number of aromatic nitrogens is 2. The Balaban J connectivity index is 1.46. The molecule has 0 spiro atoms. The van der Waals surface area contributed by atoms with E-state index in [1.807, 2.05) is 37.3 Å². The number of rotatable bonds is 25. The fourth-order valence-corrected chi connectivity index (χ4v) is 6.50. The van der Waals surface area contributed by atoms with Gasteiger partial charge < -0.3 is 73.2 Å². The summed E-state index contributed by atoms with van der Waals surface area (Å²) in [7, 11) is 0. The van der Waals surface area contributed by atoms with Crippen molar-refractivity contribution in [3.05, 3.63) is 70.0 Å². The number of guanidine groups is 1. The second-order valence-corrected chi connectivity index (χ2v) is 15.3. The van der Waals surface area contributed by atoms with Crippen molar-refractivity contribution in [3.63, 3.8) is 0 Å². The number of nitrogen functional groups attached to an aromatic ring is 2. The minimum atomic E-state index is -1.92. The van der Waals surface area contributed by atoms with Gasteiger partial charge in [-0.25, -0.2) is 9.97 Å². The number of nitrogens with zero attached hydrogens (tertiary/aromatic N) is 3. The van der Waals surface area contributed by atoms with Gasteiger partial charge in [0.1, 0.15) is 36.6 Å². The molecule has 22 heteroatoms. The third-order valence-electron chi connectivity index (χ3n) is 10.0. The number of carbonyl (C=O) groups is 2. The lowest BCUT2D eigenvalue weighted by molar-refractivity contribution is -0.130. The molecule has 8 unspecified atom stereocenters. The summed E-state index contributed by atoms with van der Waals surface area (Å²) in [6, 6.07) is 14.1. The molecule has 8 atom stereocenters. The minimum Gasteiger partial charge on any atom is -0.394 e. The number of aryl methyl sites for hydroxylation is 3. The molecular weight excluding hydrogens is 834 g/mol. The quantitative estimate of drug-likeness (QED) is 0.0226. The molecule has 344 valence electrons. The van der Waals surface area contributed by atoms with Gasteiger partial charge in [0, 0.05) is 39.1 Å². The van der Waals surface area contributed by atoms with E-state index in [0.29, 0.717) is 13.0 Å². The van der Waals surface area contributed by atoms with Crippen LogP contribution < -0.4 is 27.4 Å². The van der Waals surface area contributed by atoms with Gasteiger partial charge in [-0.15, -0.1) is 0 Å². The second-order valence-electron chi connectivity index (χ2n) is 14.9. The molecule has 0 fully saturated rings. The van der Waals surface area contributed by atoms with Gasteiger partial charge in [-0.2, -0.15) is 0 Å². The first kappa shape index (κ1) is 51.7. The predicted octanol–water partition coefficient (Wildman–Crippen LogP) is -3.23. The molecule has 0 aliphatic rings. The normalized spacial score (nSPS) is 15.5. The van der Waals surface area contributed by atoms with Gasteiger partial charge >= 0.3 is 0 Å². The van der Waals surface area contributed by atoms with Crippen molar-refractivity contribution in [2.75, 3.05) is 57.4 Å². The first-order valence-electron chi connectivity index (χ1n) is 19.9. The van der Waals surface area contributed by atoms with Crippen molar-refractivity contribution in [2.45, 2.75) is 87.9 Å². The summed E-state index contributed by atoms with van der Waals surface area (Å²) in [6.07, 6.45) is -11.7. The number of aliphatic hydroxyl groups excluding tert-OH is 10. The molecule has 3 aromatic rings. The average molecular weight is 894 g/mol. The van der Waals surface area contributed by atoms with Crippen LogP contribution in [0, 0.1) is 12.3 Å². The predicted molar refractivity (Wildman–Crippen MR) is 229 cm³/mol. The molecule has 0 bridgehead atoms. The molecule has 3 rings (SSSR count). The van der Waals surface area contributed by atoms with Crippen LogP contribution in [0.15, 0.2) is 42.5 Å². The van der Waals surface area contributed by atoms with Crippen LogP contribution in [0.25, 0.3) is 11.1 Å². The molecule has 0 saturated carbocycles. The minimum absolute atomic E-state index is 0.0156. The molecular formula is C40H60ClN9O12. The molecule has 21 nitrogen and oxygen atoms in total. The molecule has 0 aliphatic heterocycles. The molecule has 0 aliphatic carbocycles. The van der Waals surface area contributed by atoms with Crippen molar-refractivity contribution in [2.24, 2.45) is 0 Å². The molecule has 0 saturated heterocycles. The fourth-order valence-electron chi connectivity index (χ4n) is 6.38. The Morgan fingerprint density at radius 3 is 1.87 bits per heavy atom. The number of nitrogens with one attached hydrogen (secondary N) is 4. The maximum Gasteiger partial charge on any atom is 0.280 e. The van der Waals surface area contributed by atoms with Crippen molar-refractivity contribution in [1.29, 1.82) is 5.41 Å². The lowest BCUT2D eigenvalue weighted by Crippen LogP contribution is -2.54. The Morgan fingerprint density at radius 1 is 0.742 bits per heavy atom. The van der Waals surface area contributed by atoms with E-state index in [2.05, 4.69) is 38.1 Å². The van der Waals surface area contributed by atoms with E-state index in [4.69, 9.17) is 38.7 Å². The van der Waals surface area contributed by atoms with Gasteiger partial charge in [0.2, 0.25) is 5.91 Å². The zero-order chi connectivity index (χ0) is 46.1. The average Bonchev–Trinajstić information content (AvgIpc) is 3.25. The Hall–Kier alpha value is -4.62. The maximum atomic E-state index is 12.8. The topological polar surface area (TPSA) is 377 Å². The van der Waals surface area contributed by atoms with Crippen LogP contribution in [-0.2, 0) is 17.6 Å².